The lowest BCUT2D eigenvalue weighted by Gasteiger charge is -2.34. The van der Waals surface area contributed by atoms with Gasteiger partial charge in [-0.05, 0) is 31.4 Å². The van der Waals surface area contributed by atoms with E-state index >= 15 is 0 Å². The number of nitrogens with zero attached hydrogens (tertiary/aromatic N) is 2. The number of rotatable bonds is 3. The van der Waals surface area contributed by atoms with E-state index in [9.17, 15) is 4.79 Å². The molecule has 1 atom stereocenters. The number of amides is 1. The van der Waals surface area contributed by atoms with Crippen LogP contribution in [0.1, 0.15) is 29.6 Å². The largest absolute Gasteiger partial charge is 0.332 e. The zero-order chi connectivity index (χ0) is 14.5. The van der Waals surface area contributed by atoms with Gasteiger partial charge in [0.1, 0.15) is 0 Å². The lowest BCUT2D eigenvalue weighted by Crippen LogP contribution is -3.15. The van der Waals surface area contributed by atoms with E-state index in [1.807, 2.05) is 17.0 Å². The summed E-state index contributed by atoms with van der Waals surface area (Å²) < 4.78 is 0. The Kier molecular flexibility index (Phi) is 4.65. The number of piperazine rings is 1. The Bertz CT molecular complexity index is 492. The van der Waals surface area contributed by atoms with Crippen molar-refractivity contribution in [3.05, 3.63) is 42.2 Å². The number of carbonyl (C=O) groups is 1. The number of quaternary nitrogens is 1. The topological polar surface area (TPSA) is 37.6 Å². The number of hydrogen-bond donors (Lipinski definition) is 1. The number of allylic oxidation sites excluding steroid dienone is 2. The molecule has 0 aromatic carbocycles. The van der Waals surface area contributed by atoms with Gasteiger partial charge < -0.3 is 9.80 Å². The maximum absolute atomic E-state index is 12.4. The highest BCUT2D eigenvalue weighted by molar-refractivity contribution is 5.93. The highest BCUT2D eigenvalue weighted by Crippen LogP contribution is 2.16. The van der Waals surface area contributed by atoms with Gasteiger partial charge in [0, 0.05) is 18.3 Å². The van der Waals surface area contributed by atoms with Crippen molar-refractivity contribution in [2.45, 2.75) is 19.3 Å². The van der Waals surface area contributed by atoms with E-state index in [0.29, 0.717) is 5.56 Å². The van der Waals surface area contributed by atoms with Gasteiger partial charge in [0.15, 0.2) is 0 Å². The SMILES string of the molecule is O=C(c1cccnc1)N1CC[NH+](CC2CC=CCC2)CC1. The molecule has 0 bridgehead atoms. The first-order chi connectivity index (χ1) is 10.3. The molecule has 4 heteroatoms. The first-order valence-corrected chi connectivity index (χ1v) is 8.01. The molecular formula is C17H24N3O+. The summed E-state index contributed by atoms with van der Waals surface area (Å²) in [6.45, 7) is 5.15. The van der Waals surface area contributed by atoms with Crippen LogP contribution >= 0.6 is 0 Å². The van der Waals surface area contributed by atoms with Crippen molar-refractivity contribution >= 4 is 5.91 Å². The van der Waals surface area contributed by atoms with Gasteiger partial charge >= 0.3 is 0 Å². The van der Waals surface area contributed by atoms with E-state index in [0.717, 1.165) is 32.1 Å². The molecule has 1 aromatic rings. The van der Waals surface area contributed by atoms with Gasteiger partial charge in [-0.1, -0.05) is 12.2 Å². The quantitative estimate of drug-likeness (QED) is 0.834. The van der Waals surface area contributed by atoms with Gasteiger partial charge in [-0.15, -0.1) is 0 Å². The van der Waals surface area contributed by atoms with E-state index in [-0.39, 0.29) is 5.91 Å². The van der Waals surface area contributed by atoms with Crippen LogP contribution in [0.3, 0.4) is 0 Å². The second-order valence-electron chi connectivity index (χ2n) is 6.14. The zero-order valence-electron chi connectivity index (χ0n) is 12.5. The van der Waals surface area contributed by atoms with Gasteiger partial charge in [-0.2, -0.15) is 0 Å². The molecule has 21 heavy (non-hydrogen) atoms. The molecule has 0 saturated carbocycles. The van der Waals surface area contributed by atoms with Crippen molar-refractivity contribution in [3.63, 3.8) is 0 Å². The molecule has 1 amide bonds. The summed E-state index contributed by atoms with van der Waals surface area (Å²) in [5.41, 5.74) is 0.707. The summed E-state index contributed by atoms with van der Waals surface area (Å²) >= 11 is 0. The van der Waals surface area contributed by atoms with Gasteiger partial charge in [-0.3, -0.25) is 9.78 Å². The molecule has 1 aromatic heterocycles. The average molecular weight is 286 g/mol. The minimum Gasteiger partial charge on any atom is -0.332 e. The lowest BCUT2D eigenvalue weighted by molar-refractivity contribution is -0.907. The highest BCUT2D eigenvalue weighted by Gasteiger charge is 2.26. The van der Waals surface area contributed by atoms with Crippen molar-refractivity contribution in [1.82, 2.24) is 9.88 Å². The summed E-state index contributed by atoms with van der Waals surface area (Å²) in [5, 5.41) is 0. The predicted octanol–water partition coefficient (Wildman–Crippen LogP) is 0.779. The molecule has 4 nitrogen and oxygen atoms in total. The standard InChI is InChI=1S/C17H23N3O/c21-17(16-7-4-8-18-13-16)20-11-9-19(10-12-20)14-15-5-2-1-3-6-15/h1-2,4,7-8,13,15H,3,5-6,9-12,14H2/p+1. The highest BCUT2D eigenvalue weighted by atomic mass is 16.2. The minimum atomic E-state index is 0.128. The second-order valence-corrected chi connectivity index (χ2v) is 6.14. The molecular weight excluding hydrogens is 262 g/mol. The van der Waals surface area contributed by atoms with Gasteiger partial charge in [-0.25, -0.2) is 0 Å². The first kappa shape index (κ1) is 14.3. The molecule has 3 rings (SSSR count). The second kappa shape index (κ2) is 6.85. The van der Waals surface area contributed by atoms with Gasteiger partial charge in [0.25, 0.3) is 5.91 Å². The monoisotopic (exact) mass is 286 g/mol. The summed E-state index contributed by atoms with van der Waals surface area (Å²) in [7, 11) is 0. The number of hydrogen-bond acceptors (Lipinski definition) is 2. The molecule has 1 saturated heterocycles. The average Bonchev–Trinajstić information content (AvgIpc) is 2.57. The van der Waals surface area contributed by atoms with E-state index in [1.54, 1.807) is 17.3 Å². The molecule has 2 aliphatic rings. The number of carbonyl (C=O) groups excluding carboxylic acids is 1. The van der Waals surface area contributed by atoms with Crippen molar-refractivity contribution in [1.29, 1.82) is 0 Å². The normalized spacial score (nSPS) is 23.2. The fourth-order valence-corrected chi connectivity index (χ4v) is 3.35. The predicted molar refractivity (Wildman–Crippen MR) is 82.2 cm³/mol. The van der Waals surface area contributed by atoms with E-state index in [2.05, 4.69) is 17.1 Å². The Balaban J connectivity index is 1.48. The van der Waals surface area contributed by atoms with E-state index < -0.39 is 0 Å². The zero-order valence-corrected chi connectivity index (χ0v) is 12.5. The maximum atomic E-state index is 12.4. The van der Waals surface area contributed by atoms with Crippen LogP contribution < -0.4 is 4.90 Å². The van der Waals surface area contributed by atoms with Crippen LogP contribution in [0.25, 0.3) is 0 Å². The molecule has 1 fully saturated rings. The summed E-state index contributed by atoms with van der Waals surface area (Å²) in [6, 6.07) is 3.67. The van der Waals surface area contributed by atoms with Crippen molar-refractivity contribution in [2.24, 2.45) is 5.92 Å². The molecule has 1 aliphatic heterocycles. The lowest BCUT2D eigenvalue weighted by atomic mass is 9.94. The third-order valence-corrected chi connectivity index (χ3v) is 4.62. The van der Waals surface area contributed by atoms with Gasteiger partial charge in [0.2, 0.25) is 0 Å². The van der Waals surface area contributed by atoms with Crippen LogP contribution in [0.2, 0.25) is 0 Å². The van der Waals surface area contributed by atoms with Crippen molar-refractivity contribution in [2.75, 3.05) is 32.7 Å². The van der Waals surface area contributed by atoms with E-state index in [4.69, 9.17) is 0 Å². The van der Waals surface area contributed by atoms with Crippen LogP contribution in [0.4, 0.5) is 0 Å². The molecule has 1 unspecified atom stereocenters. The molecule has 0 spiro atoms. The number of pyridine rings is 1. The fourth-order valence-electron chi connectivity index (χ4n) is 3.35. The maximum Gasteiger partial charge on any atom is 0.255 e. The summed E-state index contributed by atoms with van der Waals surface area (Å²) in [6.07, 6.45) is 11.8. The smallest absolute Gasteiger partial charge is 0.255 e. The van der Waals surface area contributed by atoms with Crippen LogP contribution in [0, 0.1) is 5.92 Å². The fraction of sp³-hybridized carbons (Fsp3) is 0.529. The summed E-state index contributed by atoms with van der Waals surface area (Å²) in [5.74, 6) is 0.966. The minimum absolute atomic E-state index is 0.128. The first-order valence-electron chi connectivity index (χ1n) is 8.01. The molecule has 2 heterocycles. The number of aromatic nitrogens is 1. The Morgan fingerprint density at radius 1 is 1.33 bits per heavy atom. The molecule has 1 aliphatic carbocycles. The van der Waals surface area contributed by atoms with Crippen LogP contribution in [0.15, 0.2) is 36.7 Å². The molecule has 0 radical (unpaired) electrons. The van der Waals surface area contributed by atoms with Crippen molar-refractivity contribution < 1.29 is 9.69 Å². The molecule has 1 N–H and O–H groups in total. The summed E-state index contributed by atoms with van der Waals surface area (Å²) in [4.78, 5) is 20.0. The number of nitrogens with one attached hydrogen (secondary N) is 1. The van der Waals surface area contributed by atoms with Crippen molar-refractivity contribution in [3.8, 4) is 0 Å². The Hall–Kier alpha value is -1.68. The Morgan fingerprint density at radius 2 is 2.19 bits per heavy atom. The van der Waals surface area contributed by atoms with E-state index in [1.165, 1.54) is 25.8 Å². The van der Waals surface area contributed by atoms with Gasteiger partial charge in [0.05, 0.1) is 38.3 Å². The molecule has 112 valence electrons. The van der Waals surface area contributed by atoms with Crippen LogP contribution in [-0.4, -0.2) is 48.5 Å². The third kappa shape index (κ3) is 3.70. The third-order valence-electron chi connectivity index (χ3n) is 4.62. The Labute approximate surface area is 126 Å². The Morgan fingerprint density at radius 3 is 2.86 bits per heavy atom. The van der Waals surface area contributed by atoms with Crippen LogP contribution in [-0.2, 0) is 0 Å². The van der Waals surface area contributed by atoms with Crippen LogP contribution in [0.5, 0.6) is 0 Å².